The zero-order valence-electron chi connectivity index (χ0n) is 13.3. The summed E-state index contributed by atoms with van der Waals surface area (Å²) in [5.41, 5.74) is 1.96. The highest BCUT2D eigenvalue weighted by molar-refractivity contribution is 6.42. The van der Waals surface area contributed by atoms with Gasteiger partial charge in [0.1, 0.15) is 0 Å². The number of methoxy groups -OCH3 is 3. The molecule has 4 nitrogen and oxygen atoms in total. The second-order valence-corrected chi connectivity index (χ2v) is 5.64. The summed E-state index contributed by atoms with van der Waals surface area (Å²) < 4.78 is 16.0. The van der Waals surface area contributed by atoms with E-state index in [0.29, 0.717) is 40.4 Å². The lowest BCUT2D eigenvalue weighted by atomic mass is 10.1. The van der Waals surface area contributed by atoms with Crippen LogP contribution in [0.3, 0.4) is 0 Å². The minimum absolute atomic E-state index is 0.554. The Labute approximate surface area is 146 Å². The lowest BCUT2D eigenvalue weighted by molar-refractivity contribution is 0.323. The highest BCUT2D eigenvalue weighted by atomic mass is 35.5. The maximum absolute atomic E-state index is 6.18. The summed E-state index contributed by atoms with van der Waals surface area (Å²) in [6, 6.07) is 9.41. The van der Waals surface area contributed by atoms with Crippen LogP contribution in [0.4, 0.5) is 0 Å². The zero-order valence-corrected chi connectivity index (χ0v) is 14.8. The van der Waals surface area contributed by atoms with Crippen LogP contribution in [0.5, 0.6) is 17.2 Å². The summed E-state index contributed by atoms with van der Waals surface area (Å²) in [6.45, 7) is 1.23. The Bertz CT molecular complexity index is 652. The van der Waals surface area contributed by atoms with Crippen LogP contribution in [0.1, 0.15) is 11.1 Å². The summed E-state index contributed by atoms with van der Waals surface area (Å²) >= 11 is 12.2. The third-order valence-corrected chi connectivity index (χ3v) is 4.26. The Morgan fingerprint density at radius 2 is 1.57 bits per heavy atom. The fourth-order valence-electron chi connectivity index (χ4n) is 2.26. The van der Waals surface area contributed by atoms with Gasteiger partial charge in [0.2, 0.25) is 5.75 Å². The van der Waals surface area contributed by atoms with Crippen LogP contribution in [0.2, 0.25) is 10.0 Å². The van der Waals surface area contributed by atoms with Gasteiger partial charge in [0, 0.05) is 13.1 Å². The lowest BCUT2D eigenvalue weighted by Gasteiger charge is -2.14. The summed E-state index contributed by atoms with van der Waals surface area (Å²) in [7, 11) is 4.78. The van der Waals surface area contributed by atoms with Gasteiger partial charge in [-0.2, -0.15) is 0 Å². The summed E-state index contributed by atoms with van der Waals surface area (Å²) in [6.07, 6.45) is 0. The first-order valence-electron chi connectivity index (χ1n) is 7.03. The maximum Gasteiger partial charge on any atom is 0.203 e. The number of hydrogen-bond donors (Lipinski definition) is 1. The van der Waals surface area contributed by atoms with Gasteiger partial charge in [-0.05, 0) is 29.3 Å². The van der Waals surface area contributed by atoms with Gasteiger partial charge in [0.05, 0.1) is 31.4 Å². The van der Waals surface area contributed by atoms with E-state index in [4.69, 9.17) is 37.4 Å². The van der Waals surface area contributed by atoms with Crippen molar-refractivity contribution in [2.75, 3.05) is 21.3 Å². The molecule has 0 spiro atoms. The molecule has 0 atom stereocenters. The van der Waals surface area contributed by atoms with Gasteiger partial charge in [0.15, 0.2) is 11.5 Å². The van der Waals surface area contributed by atoms with Crippen LogP contribution in [-0.2, 0) is 13.1 Å². The Balaban J connectivity index is 2.10. The standard InChI is InChI=1S/C17H19Cl2NO3/c1-21-14-7-11(8-15(22-2)17(14)23-3)9-20-10-12-5-4-6-13(18)16(12)19/h4-8,20H,9-10H2,1-3H3. The average molecular weight is 356 g/mol. The average Bonchev–Trinajstić information content (AvgIpc) is 2.57. The van der Waals surface area contributed by atoms with Crippen molar-refractivity contribution >= 4 is 23.2 Å². The molecule has 0 aliphatic carbocycles. The molecule has 2 aromatic carbocycles. The van der Waals surface area contributed by atoms with Gasteiger partial charge in [-0.3, -0.25) is 0 Å². The smallest absolute Gasteiger partial charge is 0.203 e. The van der Waals surface area contributed by atoms with Crippen molar-refractivity contribution in [3.05, 3.63) is 51.5 Å². The number of nitrogens with one attached hydrogen (secondary N) is 1. The molecule has 0 bridgehead atoms. The topological polar surface area (TPSA) is 39.7 Å². The molecule has 124 valence electrons. The number of ether oxygens (including phenoxy) is 3. The van der Waals surface area contributed by atoms with Gasteiger partial charge < -0.3 is 19.5 Å². The minimum Gasteiger partial charge on any atom is -0.493 e. The van der Waals surface area contributed by atoms with E-state index in [1.807, 2.05) is 24.3 Å². The molecule has 6 heteroatoms. The van der Waals surface area contributed by atoms with Crippen LogP contribution in [0.15, 0.2) is 30.3 Å². The van der Waals surface area contributed by atoms with Crippen molar-refractivity contribution in [1.82, 2.24) is 5.32 Å². The molecule has 0 unspecified atom stereocenters. The molecule has 0 amide bonds. The van der Waals surface area contributed by atoms with Crippen molar-refractivity contribution < 1.29 is 14.2 Å². The van der Waals surface area contributed by atoms with Gasteiger partial charge in [0.25, 0.3) is 0 Å². The fraction of sp³-hybridized carbons (Fsp3) is 0.294. The van der Waals surface area contributed by atoms with Crippen LogP contribution in [0.25, 0.3) is 0 Å². The molecular weight excluding hydrogens is 337 g/mol. The highest BCUT2D eigenvalue weighted by Crippen LogP contribution is 2.38. The van der Waals surface area contributed by atoms with Gasteiger partial charge >= 0.3 is 0 Å². The molecule has 2 aromatic rings. The molecule has 1 N–H and O–H groups in total. The van der Waals surface area contributed by atoms with Crippen molar-refractivity contribution in [3.63, 3.8) is 0 Å². The van der Waals surface area contributed by atoms with E-state index in [1.54, 1.807) is 27.4 Å². The van der Waals surface area contributed by atoms with Crippen LogP contribution in [-0.4, -0.2) is 21.3 Å². The maximum atomic E-state index is 6.18. The van der Waals surface area contributed by atoms with E-state index < -0.39 is 0 Å². The van der Waals surface area contributed by atoms with Crippen molar-refractivity contribution in [2.45, 2.75) is 13.1 Å². The molecule has 0 fully saturated rings. The van der Waals surface area contributed by atoms with Crippen LogP contribution in [0, 0.1) is 0 Å². The molecule has 0 saturated carbocycles. The first-order valence-corrected chi connectivity index (χ1v) is 7.78. The SMILES string of the molecule is COc1cc(CNCc2cccc(Cl)c2Cl)cc(OC)c1OC. The van der Waals surface area contributed by atoms with Crippen molar-refractivity contribution in [3.8, 4) is 17.2 Å². The van der Waals surface area contributed by atoms with Crippen LogP contribution < -0.4 is 19.5 Å². The number of hydrogen-bond acceptors (Lipinski definition) is 4. The Kier molecular flexibility index (Phi) is 6.39. The highest BCUT2D eigenvalue weighted by Gasteiger charge is 2.13. The summed E-state index contributed by atoms with van der Waals surface area (Å²) in [4.78, 5) is 0. The third kappa shape index (κ3) is 4.22. The molecule has 2 rings (SSSR count). The van der Waals surface area contributed by atoms with Crippen LogP contribution >= 0.6 is 23.2 Å². The predicted molar refractivity (Wildman–Crippen MR) is 93.1 cm³/mol. The second kappa shape index (κ2) is 8.29. The van der Waals surface area contributed by atoms with E-state index in [9.17, 15) is 0 Å². The quantitative estimate of drug-likeness (QED) is 0.803. The normalized spacial score (nSPS) is 10.5. The number of rotatable bonds is 7. The monoisotopic (exact) mass is 355 g/mol. The Hall–Kier alpha value is -1.62. The molecule has 0 aliphatic rings. The van der Waals surface area contributed by atoms with Gasteiger partial charge in [-0.1, -0.05) is 35.3 Å². The molecule has 23 heavy (non-hydrogen) atoms. The number of benzene rings is 2. The largest absolute Gasteiger partial charge is 0.493 e. The van der Waals surface area contributed by atoms with Crippen molar-refractivity contribution in [1.29, 1.82) is 0 Å². The molecule has 0 aliphatic heterocycles. The van der Waals surface area contributed by atoms with Gasteiger partial charge in [-0.25, -0.2) is 0 Å². The number of halogens is 2. The summed E-state index contributed by atoms with van der Waals surface area (Å²) in [5, 5.41) is 4.46. The van der Waals surface area contributed by atoms with E-state index in [2.05, 4.69) is 5.32 Å². The summed E-state index contributed by atoms with van der Waals surface area (Å²) in [5.74, 6) is 1.84. The molecule has 0 radical (unpaired) electrons. The molecular formula is C17H19Cl2NO3. The zero-order chi connectivity index (χ0) is 16.8. The van der Waals surface area contributed by atoms with E-state index >= 15 is 0 Å². The molecule has 0 saturated heterocycles. The Morgan fingerprint density at radius 1 is 0.913 bits per heavy atom. The van der Waals surface area contributed by atoms with Crippen molar-refractivity contribution in [2.24, 2.45) is 0 Å². The Morgan fingerprint density at radius 3 is 2.13 bits per heavy atom. The lowest BCUT2D eigenvalue weighted by Crippen LogP contribution is -2.13. The van der Waals surface area contributed by atoms with E-state index in [0.717, 1.165) is 11.1 Å². The molecule has 0 heterocycles. The second-order valence-electron chi connectivity index (χ2n) is 4.85. The first kappa shape index (κ1) is 17.7. The molecule has 0 aromatic heterocycles. The van der Waals surface area contributed by atoms with E-state index in [-0.39, 0.29) is 0 Å². The first-order chi connectivity index (χ1) is 11.1. The fourth-order valence-corrected chi connectivity index (χ4v) is 2.65. The third-order valence-electron chi connectivity index (χ3n) is 3.40. The predicted octanol–water partition coefficient (Wildman–Crippen LogP) is 4.31. The van der Waals surface area contributed by atoms with Gasteiger partial charge in [-0.15, -0.1) is 0 Å². The van der Waals surface area contributed by atoms with E-state index in [1.165, 1.54) is 0 Å². The minimum atomic E-state index is 0.554.